The van der Waals surface area contributed by atoms with Gasteiger partial charge < -0.3 is 10.1 Å². The average Bonchev–Trinajstić information content (AvgIpc) is 3.18. The summed E-state index contributed by atoms with van der Waals surface area (Å²) in [6.07, 6.45) is 1.71. The molecular weight excluding hydrogens is 346 g/mol. The summed E-state index contributed by atoms with van der Waals surface area (Å²) in [6.45, 7) is 5.23. The van der Waals surface area contributed by atoms with Crippen LogP contribution in [-0.4, -0.2) is 38.0 Å². The van der Waals surface area contributed by atoms with E-state index < -0.39 is 11.9 Å². The summed E-state index contributed by atoms with van der Waals surface area (Å²) in [7, 11) is 1.80. The third-order valence-electron chi connectivity index (χ3n) is 4.29. The number of aromatic nitrogens is 4. The first kappa shape index (κ1) is 18.4. The Morgan fingerprint density at radius 1 is 1.11 bits per heavy atom. The molecule has 0 aliphatic carbocycles. The molecule has 0 radical (unpaired) electrons. The van der Waals surface area contributed by atoms with Crippen molar-refractivity contribution in [3.63, 3.8) is 0 Å². The van der Waals surface area contributed by atoms with Crippen LogP contribution < -0.4 is 5.32 Å². The summed E-state index contributed by atoms with van der Waals surface area (Å²) < 4.78 is 8.55. The van der Waals surface area contributed by atoms with E-state index in [1.165, 1.54) is 0 Å². The molecule has 0 saturated carbocycles. The Hall–Kier alpha value is -3.42. The zero-order valence-corrected chi connectivity index (χ0v) is 15.7. The zero-order valence-electron chi connectivity index (χ0n) is 15.7. The molecule has 0 aliphatic rings. The van der Waals surface area contributed by atoms with Gasteiger partial charge in [-0.1, -0.05) is 0 Å². The largest absolute Gasteiger partial charge is 0.452 e. The summed E-state index contributed by atoms with van der Waals surface area (Å²) in [5.41, 5.74) is 4.37. The van der Waals surface area contributed by atoms with Gasteiger partial charge in [0.2, 0.25) is 0 Å². The maximum atomic E-state index is 12.2. The van der Waals surface area contributed by atoms with E-state index in [9.17, 15) is 9.59 Å². The molecule has 8 heteroatoms. The predicted octanol–water partition coefficient (Wildman–Crippen LogP) is 2.33. The maximum absolute atomic E-state index is 12.2. The van der Waals surface area contributed by atoms with Gasteiger partial charge >= 0.3 is 5.97 Å². The van der Waals surface area contributed by atoms with Crippen LogP contribution in [0.25, 0.3) is 5.69 Å². The van der Waals surface area contributed by atoms with Crippen LogP contribution in [0.15, 0.2) is 36.5 Å². The van der Waals surface area contributed by atoms with Crippen molar-refractivity contribution in [3.05, 3.63) is 59.2 Å². The van der Waals surface area contributed by atoms with Gasteiger partial charge in [0.05, 0.1) is 28.3 Å². The highest BCUT2D eigenvalue weighted by molar-refractivity contribution is 5.96. The molecule has 1 N–H and O–H groups in total. The zero-order chi connectivity index (χ0) is 19.6. The molecule has 8 nitrogen and oxygen atoms in total. The Morgan fingerprint density at radius 3 is 2.37 bits per heavy atom. The number of rotatable bonds is 5. The van der Waals surface area contributed by atoms with Gasteiger partial charge in [-0.25, -0.2) is 9.48 Å². The lowest BCUT2D eigenvalue weighted by atomic mass is 10.2. The Kier molecular flexibility index (Phi) is 5.07. The monoisotopic (exact) mass is 367 g/mol. The number of hydrogen-bond acceptors (Lipinski definition) is 5. The van der Waals surface area contributed by atoms with E-state index in [0.717, 1.165) is 17.1 Å². The van der Waals surface area contributed by atoms with E-state index in [0.29, 0.717) is 16.9 Å². The van der Waals surface area contributed by atoms with Gasteiger partial charge in [0.25, 0.3) is 5.91 Å². The predicted molar refractivity (Wildman–Crippen MR) is 99.9 cm³/mol. The van der Waals surface area contributed by atoms with Crippen molar-refractivity contribution >= 4 is 17.6 Å². The van der Waals surface area contributed by atoms with Crippen LogP contribution in [0.5, 0.6) is 0 Å². The van der Waals surface area contributed by atoms with Crippen molar-refractivity contribution in [2.75, 3.05) is 11.9 Å². The lowest BCUT2D eigenvalue weighted by Crippen LogP contribution is -2.21. The van der Waals surface area contributed by atoms with Crippen molar-refractivity contribution in [2.45, 2.75) is 20.8 Å². The third-order valence-corrected chi connectivity index (χ3v) is 4.29. The molecule has 0 aliphatic heterocycles. The van der Waals surface area contributed by atoms with Gasteiger partial charge in [-0.05, 0) is 51.1 Å². The topological polar surface area (TPSA) is 91.0 Å². The number of nitrogens with zero attached hydrogens (tertiary/aromatic N) is 4. The first-order valence-corrected chi connectivity index (χ1v) is 8.45. The van der Waals surface area contributed by atoms with Crippen LogP contribution in [0.2, 0.25) is 0 Å². The number of benzene rings is 1. The number of anilines is 1. The summed E-state index contributed by atoms with van der Waals surface area (Å²) in [6, 6.07) is 8.74. The minimum Gasteiger partial charge on any atom is -0.452 e. The Labute approximate surface area is 156 Å². The molecule has 0 unspecified atom stereocenters. The SMILES string of the molecule is Cc1nn(C)c(C)c1NC(=O)COC(=O)c1ccc(-n2nccc2C)cc1. The number of ether oxygens (including phenoxy) is 1. The molecule has 140 valence electrons. The van der Waals surface area contributed by atoms with E-state index in [2.05, 4.69) is 15.5 Å². The van der Waals surface area contributed by atoms with Gasteiger partial charge in [0.1, 0.15) is 0 Å². The standard InChI is InChI=1S/C19H21N5O3/c1-12-9-10-20-24(12)16-7-5-15(6-8-16)19(26)27-11-17(25)21-18-13(2)22-23(4)14(18)3/h5-10H,11H2,1-4H3,(H,21,25). The Morgan fingerprint density at radius 2 is 1.81 bits per heavy atom. The van der Waals surface area contributed by atoms with Crippen LogP contribution in [-0.2, 0) is 16.6 Å². The number of carbonyl (C=O) groups excluding carboxylic acids is 2. The van der Waals surface area contributed by atoms with Crippen molar-refractivity contribution < 1.29 is 14.3 Å². The smallest absolute Gasteiger partial charge is 0.338 e. The fourth-order valence-electron chi connectivity index (χ4n) is 2.72. The highest BCUT2D eigenvalue weighted by Crippen LogP contribution is 2.18. The lowest BCUT2D eigenvalue weighted by molar-refractivity contribution is -0.119. The minimum absolute atomic E-state index is 0.366. The number of nitrogens with one attached hydrogen (secondary N) is 1. The molecule has 1 amide bonds. The second-order valence-electron chi connectivity index (χ2n) is 6.23. The molecule has 3 aromatic rings. The molecule has 3 rings (SSSR count). The Balaban J connectivity index is 1.59. The van der Waals surface area contributed by atoms with Gasteiger partial charge in [-0.2, -0.15) is 10.2 Å². The first-order chi connectivity index (χ1) is 12.9. The van der Waals surface area contributed by atoms with Gasteiger partial charge in [0, 0.05) is 18.9 Å². The molecule has 2 heterocycles. The lowest BCUT2D eigenvalue weighted by Gasteiger charge is -2.08. The summed E-state index contributed by atoms with van der Waals surface area (Å²) in [5, 5.41) is 11.2. The van der Waals surface area contributed by atoms with Gasteiger partial charge in [0.15, 0.2) is 6.61 Å². The molecular formula is C19H21N5O3. The second kappa shape index (κ2) is 7.45. The van der Waals surface area contributed by atoms with Gasteiger partial charge in [-0.15, -0.1) is 0 Å². The second-order valence-corrected chi connectivity index (χ2v) is 6.23. The quantitative estimate of drug-likeness (QED) is 0.699. The molecule has 0 fully saturated rings. The first-order valence-electron chi connectivity index (χ1n) is 8.45. The van der Waals surface area contributed by atoms with E-state index in [1.807, 2.05) is 19.9 Å². The molecule has 1 aromatic carbocycles. The Bertz CT molecular complexity index is 985. The van der Waals surface area contributed by atoms with Crippen molar-refractivity contribution in [1.29, 1.82) is 0 Å². The molecule has 2 aromatic heterocycles. The van der Waals surface area contributed by atoms with E-state index in [-0.39, 0.29) is 6.61 Å². The number of aryl methyl sites for hydroxylation is 3. The molecule has 0 saturated heterocycles. The highest BCUT2D eigenvalue weighted by atomic mass is 16.5. The average molecular weight is 367 g/mol. The van der Waals surface area contributed by atoms with Crippen LogP contribution in [0.4, 0.5) is 5.69 Å². The maximum Gasteiger partial charge on any atom is 0.338 e. The van der Waals surface area contributed by atoms with Crippen LogP contribution >= 0.6 is 0 Å². The molecule has 27 heavy (non-hydrogen) atoms. The van der Waals surface area contributed by atoms with E-state index in [1.54, 1.807) is 53.8 Å². The van der Waals surface area contributed by atoms with Crippen LogP contribution in [0, 0.1) is 20.8 Å². The van der Waals surface area contributed by atoms with E-state index >= 15 is 0 Å². The number of hydrogen-bond donors (Lipinski definition) is 1. The normalized spacial score (nSPS) is 10.7. The van der Waals surface area contributed by atoms with Crippen molar-refractivity contribution in [1.82, 2.24) is 19.6 Å². The summed E-state index contributed by atoms with van der Waals surface area (Å²) >= 11 is 0. The van der Waals surface area contributed by atoms with Crippen molar-refractivity contribution in [3.8, 4) is 5.69 Å². The number of carbonyl (C=O) groups is 2. The van der Waals surface area contributed by atoms with Crippen LogP contribution in [0.3, 0.4) is 0 Å². The van der Waals surface area contributed by atoms with E-state index in [4.69, 9.17) is 4.74 Å². The molecule has 0 bridgehead atoms. The van der Waals surface area contributed by atoms with Gasteiger partial charge in [-0.3, -0.25) is 9.48 Å². The van der Waals surface area contributed by atoms with Crippen molar-refractivity contribution in [2.24, 2.45) is 7.05 Å². The summed E-state index contributed by atoms with van der Waals surface area (Å²) in [5.74, 6) is -0.972. The van der Waals surface area contributed by atoms with Crippen LogP contribution in [0.1, 0.15) is 27.4 Å². The number of esters is 1. The third kappa shape index (κ3) is 3.89. The number of amides is 1. The fraction of sp³-hybridized carbons (Fsp3) is 0.263. The molecule has 0 spiro atoms. The minimum atomic E-state index is -0.562. The molecule has 0 atom stereocenters. The fourth-order valence-corrected chi connectivity index (χ4v) is 2.72. The highest BCUT2D eigenvalue weighted by Gasteiger charge is 2.15. The summed E-state index contributed by atoms with van der Waals surface area (Å²) in [4.78, 5) is 24.2.